The van der Waals surface area contributed by atoms with Crippen LogP contribution >= 0.6 is 0 Å². The molecule has 4 heteroatoms. The third-order valence-electron chi connectivity index (χ3n) is 3.91. The maximum Gasteiger partial charge on any atom is 0.237 e. The lowest BCUT2D eigenvalue weighted by molar-refractivity contribution is -0.123. The number of nitrogens with one attached hydrogen (secondary N) is 2. The average Bonchev–Trinajstić information content (AvgIpc) is 2.85. The van der Waals surface area contributed by atoms with E-state index in [-0.39, 0.29) is 18.6 Å². The lowest BCUT2D eigenvalue weighted by atomic mass is 9.93. The molecule has 2 rings (SSSR count). The Morgan fingerprint density at radius 1 is 1.38 bits per heavy atom. The van der Waals surface area contributed by atoms with Crippen LogP contribution in [-0.2, 0) is 4.79 Å². The summed E-state index contributed by atoms with van der Waals surface area (Å²) in [5.74, 6) is 1.46. The fourth-order valence-electron chi connectivity index (χ4n) is 3.03. The number of amides is 1. The molecule has 3 N–H and O–H groups in total. The highest BCUT2D eigenvalue weighted by Crippen LogP contribution is 2.37. The number of fused-ring (bicyclic) bond motifs is 1. The van der Waals surface area contributed by atoms with Gasteiger partial charge in [-0.1, -0.05) is 6.42 Å². The second kappa shape index (κ2) is 5.64. The van der Waals surface area contributed by atoms with E-state index in [1.165, 1.54) is 19.3 Å². The molecule has 1 heterocycles. The molecule has 0 spiro atoms. The minimum atomic E-state index is 0.0432. The minimum Gasteiger partial charge on any atom is -0.396 e. The quantitative estimate of drug-likeness (QED) is 0.589. The molecule has 0 bridgehead atoms. The van der Waals surface area contributed by atoms with Crippen LogP contribution in [0.25, 0.3) is 0 Å². The van der Waals surface area contributed by atoms with Crippen molar-refractivity contribution >= 4 is 5.91 Å². The van der Waals surface area contributed by atoms with E-state index in [4.69, 9.17) is 5.11 Å². The maximum atomic E-state index is 11.9. The van der Waals surface area contributed by atoms with Crippen molar-refractivity contribution in [2.75, 3.05) is 19.7 Å². The van der Waals surface area contributed by atoms with Crippen molar-refractivity contribution in [1.82, 2.24) is 10.6 Å². The van der Waals surface area contributed by atoms with Crippen molar-refractivity contribution < 1.29 is 9.90 Å². The van der Waals surface area contributed by atoms with E-state index < -0.39 is 0 Å². The van der Waals surface area contributed by atoms with Crippen molar-refractivity contribution in [3.8, 4) is 0 Å². The number of unbranched alkanes of at least 4 members (excludes halogenated alkanes) is 1. The van der Waals surface area contributed by atoms with Gasteiger partial charge in [0.25, 0.3) is 0 Å². The van der Waals surface area contributed by atoms with Crippen LogP contribution in [0.2, 0.25) is 0 Å². The summed E-state index contributed by atoms with van der Waals surface area (Å²) in [6.45, 7) is 1.91. The molecule has 0 aromatic rings. The smallest absolute Gasteiger partial charge is 0.237 e. The molecule has 0 radical (unpaired) electrons. The molecule has 3 atom stereocenters. The first-order chi connectivity index (χ1) is 7.83. The summed E-state index contributed by atoms with van der Waals surface area (Å²) in [6, 6.07) is 0.0432. The van der Waals surface area contributed by atoms with Gasteiger partial charge < -0.3 is 15.7 Å². The first kappa shape index (κ1) is 11.9. The molecule has 1 aliphatic heterocycles. The molecule has 2 fully saturated rings. The largest absolute Gasteiger partial charge is 0.396 e. The van der Waals surface area contributed by atoms with Crippen LogP contribution in [0.4, 0.5) is 0 Å². The van der Waals surface area contributed by atoms with Crippen LogP contribution in [0.1, 0.15) is 32.1 Å². The van der Waals surface area contributed by atoms with Gasteiger partial charge in [0.2, 0.25) is 5.91 Å². The number of carbonyl (C=O) groups excluding carboxylic acids is 1. The van der Waals surface area contributed by atoms with E-state index in [9.17, 15) is 4.79 Å². The van der Waals surface area contributed by atoms with Crippen LogP contribution in [-0.4, -0.2) is 36.8 Å². The first-order valence-corrected chi connectivity index (χ1v) is 6.45. The summed E-state index contributed by atoms with van der Waals surface area (Å²) in [6.07, 6.45) is 5.40. The lowest BCUT2D eigenvalue weighted by Crippen LogP contribution is -2.44. The van der Waals surface area contributed by atoms with Gasteiger partial charge in [0, 0.05) is 13.2 Å². The average molecular weight is 226 g/mol. The van der Waals surface area contributed by atoms with Crippen molar-refractivity contribution in [1.29, 1.82) is 0 Å². The van der Waals surface area contributed by atoms with Crippen LogP contribution in [0, 0.1) is 11.8 Å². The summed E-state index contributed by atoms with van der Waals surface area (Å²) in [4.78, 5) is 11.9. The molecule has 1 saturated heterocycles. The Morgan fingerprint density at radius 3 is 3.06 bits per heavy atom. The Labute approximate surface area is 96.8 Å². The Bertz CT molecular complexity index is 245. The number of hydrogen-bond acceptors (Lipinski definition) is 3. The van der Waals surface area contributed by atoms with E-state index in [0.29, 0.717) is 12.5 Å². The van der Waals surface area contributed by atoms with Gasteiger partial charge in [-0.15, -0.1) is 0 Å². The van der Waals surface area contributed by atoms with E-state index in [1.807, 2.05) is 0 Å². The molecule has 16 heavy (non-hydrogen) atoms. The molecule has 3 unspecified atom stereocenters. The molecular weight excluding hydrogens is 204 g/mol. The van der Waals surface area contributed by atoms with Gasteiger partial charge >= 0.3 is 0 Å². The van der Waals surface area contributed by atoms with Gasteiger partial charge in [0.1, 0.15) is 0 Å². The van der Waals surface area contributed by atoms with Crippen LogP contribution in [0.15, 0.2) is 0 Å². The number of hydrogen-bond donors (Lipinski definition) is 3. The third kappa shape index (κ3) is 2.55. The maximum absolute atomic E-state index is 11.9. The summed E-state index contributed by atoms with van der Waals surface area (Å²) in [5.41, 5.74) is 0. The Morgan fingerprint density at radius 2 is 2.25 bits per heavy atom. The van der Waals surface area contributed by atoms with Crippen molar-refractivity contribution in [3.63, 3.8) is 0 Å². The molecular formula is C12H22N2O2. The first-order valence-electron chi connectivity index (χ1n) is 6.45. The standard InChI is InChI=1S/C12H22N2O2/c15-7-2-1-6-13-12(16)11-10-5-3-4-9(10)8-14-11/h9-11,14-15H,1-8H2,(H,13,16). The Kier molecular flexibility index (Phi) is 4.18. The Balaban J connectivity index is 1.72. The molecule has 2 aliphatic rings. The zero-order chi connectivity index (χ0) is 11.4. The number of aliphatic hydroxyl groups excluding tert-OH is 1. The van der Waals surface area contributed by atoms with Crippen molar-refractivity contribution in [3.05, 3.63) is 0 Å². The molecule has 0 aromatic heterocycles. The van der Waals surface area contributed by atoms with Gasteiger partial charge in [-0.3, -0.25) is 4.79 Å². The van der Waals surface area contributed by atoms with Crippen molar-refractivity contribution in [2.45, 2.75) is 38.1 Å². The highest BCUT2D eigenvalue weighted by molar-refractivity contribution is 5.82. The van der Waals surface area contributed by atoms with Crippen molar-refractivity contribution in [2.24, 2.45) is 11.8 Å². The highest BCUT2D eigenvalue weighted by atomic mass is 16.2. The van der Waals surface area contributed by atoms with Gasteiger partial charge in [0.15, 0.2) is 0 Å². The molecule has 1 aliphatic carbocycles. The van der Waals surface area contributed by atoms with Gasteiger partial charge in [-0.05, 0) is 44.1 Å². The molecule has 92 valence electrons. The van der Waals surface area contributed by atoms with E-state index in [0.717, 1.165) is 25.3 Å². The topological polar surface area (TPSA) is 61.4 Å². The van der Waals surface area contributed by atoms with E-state index in [1.54, 1.807) is 0 Å². The van der Waals surface area contributed by atoms with E-state index in [2.05, 4.69) is 10.6 Å². The van der Waals surface area contributed by atoms with Crippen LogP contribution < -0.4 is 10.6 Å². The van der Waals surface area contributed by atoms with Crippen LogP contribution in [0.5, 0.6) is 0 Å². The van der Waals surface area contributed by atoms with Crippen LogP contribution in [0.3, 0.4) is 0 Å². The zero-order valence-corrected chi connectivity index (χ0v) is 9.74. The SMILES string of the molecule is O=C(NCCCCO)C1NCC2CCCC21. The molecule has 1 amide bonds. The monoisotopic (exact) mass is 226 g/mol. The van der Waals surface area contributed by atoms with Gasteiger partial charge in [-0.25, -0.2) is 0 Å². The normalized spacial score (nSPS) is 32.7. The predicted octanol–water partition coefficient (Wildman–Crippen LogP) is 0.263. The van der Waals surface area contributed by atoms with Gasteiger partial charge in [0.05, 0.1) is 6.04 Å². The van der Waals surface area contributed by atoms with Gasteiger partial charge in [-0.2, -0.15) is 0 Å². The fraction of sp³-hybridized carbons (Fsp3) is 0.917. The molecule has 4 nitrogen and oxygen atoms in total. The zero-order valence-electron chi connectivity index (χ0n) is 9.74. The summed E-state index contributed by atoms with van der Waals surface area (Å²) >= 11 is 0. The van der Waals surface area contributed by atoms with E-state index >= 15 is 0 Å². The highest BCUT2D eigenvalue weighted by Gasteiger charge is 2.42. The second-order valence-electron chi connectivity index (χ2n) is 4.96. The number of rotatable bonds is 5. The molecule has 1 saturated carbocycles. The Hall–Kier alpha value is -0.610. The summed E-state index contributed by atoms with van der Waals surface area (Å²) < 4.78 is 0. The second-order valence-corrected chi connectivity index (χ2v) is 4.96. The third-order valence-corrected chi connectivity index (χ3v) is 3.91. The lowest BCUT2D eigenvalue weighted by Gasteiger charge is -2.17. The summed E-state index contributed by atoms with van der Waals surface area (Å²) in [5, 5.41) is 14.9. The molecule has 0 aromatic carbocycles. The number of aliphatic hydroxyl groups is 1. The predicted molar refractivity (Wildman–Crippen MR) is 62.0 cm³/mol. The minimum absolute atomic E-state index is 0.0432. The fourth-order valence-corrected chi connectivity index (χ4v) is 3.03. The summed E-state index contributed by atoms with van der Waals surface area (Å²) in [7, 11) is 0. The number of carbonyl (C=O) groups is 1.